The molecule has 146 valence electrons. The number of rotatable bonds is 7. The SMILES string of the molecule is O=C(CSc1nnnn1C[C@H]1CCCO1)Nc1nc(-c2ccc(F)cc2)cs1. The van der Waals surface area contributed by atoms with Gasteiger partial charge in [0.05, 0.1) is 24.1 Å². The van der Waals surface area contributed by atoms with Crippen molar-refractivity contribution in [1.82, 2.24) is 25.2 Å². The molecule has 0 bridgehead atoms. The highest BCUT2D eigenvalue weighted by Gasteiger charge is 2.19. The number of amides is 1. The van der Waals surface area contributed by atoms with Crippen molar-refractivity contribution < 1.29 is 13.9 Å². The van der Waals surface area contributed by atoms with E-state index in [9.17, 15) is 9.18 Å². The molecule has 28 heavy (non-hydrogen) atoms. The van der Waals surface area contributed by atoms with E-state index in [4.69, 9.17) is 4.74 Å². The van der Waals surface area contributed by atoms with E-state index in [1.54, 1.807) is 16.8 Å². The number of ether oxygens (including phenoxy) is 1. The van der Waals surface area contributed by atoms with Gasteiger partial charge in [0.2, 0.25) is 11.1 Å². The number of nitrogens with zero attached hydrogens (tertiary/aromatic N) is 5. The highest BCUT2D eigenvalue weighted by Crippen LogP contribution is 2.25. The molecule has 11 heteroatoms. The Balaban J connectivity index is 1.30. The van der Waals surface area contributed by atoms with Crippen molar-refractivity contribution in [3.63, 3.8) is 0 Å². The predicted molar refractivity (Wildman–Crippen MR) is 104 cm³/mol. The van der Waals surface area contributed by atoms with E-state index in [1.165, 1.54) is 35.2 Å². The van der Waals surface area contributed by atoms with Gasteiger partial charge in [0.25, 0.3) is 0 Å². The van der Waals surface area contributed by atoms with Crippen LogP contribution in [0, 0.1) is 5.82 Å². The Morgan fingerprint density at radius 2 is 2.25 bits per heavy atom. The average molecular weight is 420 g/mol. The van der Waals surface area contributed by atoms with E-state index in [0.29, 0.717) is 22.5 Å². The van der Waals surface area contributed by atoms with E-state index in [2.05, 4.69) is 25.8 Å². The van der Waals surface area contributed by atoms with E-state index in [-0.39, 0.29) is 23.6 Å². The maximum atomic E-state index is 13.0. The zero-order valence-corrected chi connectivity index (χ0v) is 16.4. The number of hydrogen-bond acceptors (Lipinski definition) is 8. The quantitative estimate of drug-likeness (QED) is 0.587. The van der Waals surface area contributed by atoms with Gasteiger partial charge in [0, 0.05) is 17.6 Å². The van der Waals surface area contributed by atoms with Crippen LogP contribution in [-0.4, -0.2) is 49.6 Å². The molecule has 0 spiro atoms. The second-order valence-corrected chi connectivity index (χ2v) is 7.96. The highest BCUT2D eigenvalue weighted by molar-refractivity contribution is 7.99. The van der Waals surface area contributed by atoms with E-state index in [0.717, 1.165) is 25.0 Å². The minimum atomic E-state index is -0.300. The van der Waals surface area contributed by atoms with Gasteiger partial charge in [-0.2, -0.15) is 0 Å². The zero-order chi connectivity index (χ0) is 19.3. The summed E-state index contributed by atoms with van der Waals surface area (Å²) in [6.45, 7) is 1.36. The maximum Gasteiger partial charge on any atom is 0.236 e. The van der Waals surface area contributed by atoms with Gasteiger partial charge in [-0.1, -0.05) is 11.8 Å². The summed E-state index contributed by atoms with van der Waals surface area (Å²) < 4.78 is 20.3. The van der Waals surface area contributed by atoms with E-state index >= 15 is 0 Å². The monoisotopic (exact) mass is 420 g/mol. The van der Waals surface area contributed by atoms with Gasteiger partial charge >= 0.3 is 0 Å². The number of halogens is 1. The number of carbonyl (C=O) groups excluding carboxylic acids is 1. The van der Waals surface area contributed by atoms with Gasteiger partial charge in [-0.3, -0.25) is 4.79 Å². The molecular formula is C17H17FN6O2S2. The highest BCUT2D eigenvalue weighted by atomic mass is 32.2. The number of thioether (sulfide) groups is 1. The van der Waals surface area contributed by atoms with Gasteiger partial charge in [-0.25, -0.2) is 14.1 Å². The molecule has 2 aromatic heterocycles. The Bertz CT molecular complexity index is 939. The van der Waals surface area contributed by atoms with Crippen molar-refractivity contribution >= 4 is 34.1 Å². The van der Waals surface area contributed by atoms with Crippen LogP contribution in [0.25, 0.3) is 11.3 Å². The van der Waals surface area contributed by atoms with Crippen molar-refractivity contribution in [2.45, 2.75) is 30.6 Å². The Morgan fingerprint density at radius 3 is 3.04 bits per heavy atom. The van der Waals surface area contributed by atoms with Crippen LogP contribution in [0.2, 0.25) is 0 Å². The molecule has 3 aromatic rings. The Hall–Kier alpha value is -2.37. The fourth-order valence-corrected chi connectivity index (χ4v) is 4.19. The molecule has 1 saturated heterocycles. The Kier molecular flexibility index (Phi) is 5.93. The smallest absolute Gasteiger partial charge is 0.236 e. The van der Waals surface area contributed by atoms with E-state index < -0.39 is 0 Å². The third-order valence-electron chi connectivity index (χ3n) is 4.12. The standard InChI is InChI=1S/C17H17FN6O2S2/c18-12-5-3-11(4-6-12)14-9-27-16(19-14)20-15(25)10-28-17-21-22-23-24(17)8-13-2-1-7-26-13/h3-6,9,13H,1-2,7-8,10H2,(H,19,20,25)/t13-/m1/s1. The second-order valence-electron chi connectivity index (χ2n) is 6.16. The van der Waals surface area contributed by atoms with Crippen LogP contribution >= 0.6 is 23.1 Å². The number of aromatic nitrogens is 5. The van der Waals surface area contributed by atoms with E-state index in [1.807, 2.05) is 5.38 Å². The molecule has 0 saturated carbocycles. The first-order valence-electron chi connectivity index (χ1n) is 8.69. The predicted octanol–water partition coefficient (Wildman–Crippen LogP) is 2.85. The normalized spacial score (nSPS) is 16.4. The maximum absolute atomic E-state index is 13.0. The van der Waals surface area contributed by atoms with Crippen LogP contribution in [-0.2, 0) is 16.1 Å². The third kappa shape index (κ3) is 4.72. The van der Waals surface area contributed by atoms with Gasteiger partial charge in [0.1, 0.15) is 5.82 Å². The molecule has 1 amide bonds. The molecule has 1 atom stereocenters. The van der Waals surface area contributed by atoms with Crippen molar-refractivity contribution in [2.24, 2.45) is 0 Å². The Morgan fingerprint density at radius 1 is 1.39 bits per heavy atom. The van der Waals surface area contributed by atoms with Crippen molar-refractivity contribution in [3.05, 3.63) is 35.5 Å². The number of benzene rings is 1. The number of nitrogens with one attached hydrogen (secondary N) is 1. The summed E-state index contributed by atoms with van der Waals surface area (Å²) in [7, 11) is 0. The molecule has 0 aliphatic carbocycles. The van der Waals surface area contributed by atoms with Crippen molar-refractivity contribution in [2.75, 3.05) is 17.7 Å². The zero-order valence-electron chi connectivity index (χ0n) is 14.7. The minimum Gasteiger partial charge on any atom is -0.376 e. The summed E-state index contributed by atoms with van der Waals surface area (Å²) in [6, 6.07) is 6.06. The van der Waals surface area contributed by atoms with Crippen LogP contribution in [0.5, 0.6) is 0 Å². The second kappa shape index (κ2) is 8.76. The van der Waals surface area contributed by atoms with Gasteiger partial charge in [0.15, 0.2) is 5.13 Å². The molecule has 3 heterocycles. The van der Waals surface area contributed by atoms with Crippen molar-refractivity contribution in [3.8, 4) is 11.3 Å². The first-order valence-corrected chi connectivity index (χ1v) is 10.6. The molecule has 1 aliphatic heterocycles. The molecule has 1 N–H and O–H groups in total. The molecule has 1 fully saturated rings. The minimum absolute atomic E-state index is 0.122. The lowest BCUT2D eigenvalue weighted by atomic mass is 10.2. The molecule has 4 rings (SSSR count). The fraction of sp³-hybridized carbons (Fsp3) is 0.353. The molecule has 1 aromatic carbocycles. The summed E-state index contributed by atoms with van der Waals surface area (Å²) in [6.07, 6.45) is 2.16. The number of tetrazole rings is 1. The van der Waals surface area contributed by atoms with Crippen LogP contribution in [0.3, 0.4) is 0 Å². The molecule has 0 radical (unpaired) electrons. The summed E-state index contributed by atoms with van der Waals surface area (Å²) in [5.74, 6) is -0.333. The lowest BCUT2D eigenvalue weighted by molar-refractivity contribution is -0.113. The van der Waals surface area contributed by atoms with Crippen LogP contribution in [0.1, 0.15) is 12.8 Å². The molecule has 8 nitrogen and oxygen atoms in total. The largest absolute Gasteiger partial charge is 0.376 e. The first kappa shape index (κ1) is 19.0. The summed E-state index contributed by atoms with van der Waals surface area (Å²) in [4.78, 5) is 16.6. The molecular weight excluding hydrogens is 403 g/mol. The topological polar surface area (TPSA) is 94.8 Å². The average Bonchev–Trinajstić information content (AvgIpc) is 3.44. The summed E-state index contributed by atoms with van der Waals surface area (Å²) in [5.41, 5.74) is 1.48. The van der Waals surface area contributed by atoms with Crippen molar-refractivity contribution in [1.29, 1.82) is 0 Å². The lowest BCUT2D eigenvalue weighted by Gasteiger charge is -2.09. The summed E-state index contributed by atoms with van der Waals surface area (Å²) >= 11 is 2.58. The molecule has 1 aliphatic rings. The van der Waals surface area contributed by atoms with Gasteiger partial charge in [-0.15, -0.1) is 16.4 Å². The van der Waals surface area contributed by atoms with Gasteiger partial charge in [-0.05, 0) is 47.5 Å². The lowest BCUT2D eigenvalue weighted by Crippen LogP contribution is -2.18. The number of anilines is 1. The van der Waals surface area contributed by atoms with Crippen LogP contribution in [0.4, 0.5) is 9.52 Å². The Labute approximate surface area is 168 Å². The van der Waals surface area contributed by atoms with Crippen LogP contribution < -0.4 is 5.32 Å². The third-order valence-corrected chi connectivity index (χ3v) is 5.84. The summed E-state index contributed by atoms with van der Waals surface area (Å²) in [5, 5.41) is 17.3. The number of carbonyl (C=O) groups is 1. The first-order chi connectivity index (χ1) is 13.7. The fourth-order valence-electron chi connectivity index (χ4n) is 2.77. The molecule has 0 unspecified atom stereocenters. The number of hydrogen-bond donors (Lipinski definition) is 1. The van der Waals surface area contributed by atoms with Crippen LogP contribution in [0.15, 0.2) is 34.8 Å². The van der Waals surface area contributed by atoms with Gasteiger partial charge < -0.3 is 10.1 Å². The number of thiazole rings is 1.